The molecule has 1 aromatic heterocycles. The number of hydrogen-bond donors (Lipinski definition) is 1. The predicted octanol–water partition coefficient (Wildman–Crippen LogP) is 1.94. The van der Waals surface area contributed by atoms with Crippen LogP contribution in [0.5, 0.6) is 5.75 Å². The van der Waals surface area contributed by atoms with Gasteiger partial charge >= 0.3 is 0 Å². The van der Waals surface area contributed by atoms with Crippen LogP contribution in [0.15, 0.2) is 28.9 Å². The van der Waals surface area contributed by atoms with E-state index in [1.54, 1.807) is 24.5 Å². The Kier molecular flexibility index (Phi) is 0.947. The molecule has 10 heavy (non-hydrogen) atoms. The molecule has 0 spiro atoms. The summed E-state index contributed by atoms with van der Waals surface area (Å²) < 4.78 is 4.78. The van der Waals surface area contributed by atoms with Crippen molar-refractivity contribution >= 4 is 10.8 Å². The lowest BCUT2D eigenvalue weighted by Crippen LogP contribution is -1.63. The van der Waals surface area contributed by atoms with Gasteiger partial charge in [-0.1, -0.05) is 0 Å². The van der Waals surface area contributed by atoms with Crippen LogP contribution in [0.2, 0.25) is 0 Å². The van der Waals surface area contributed by atoms with Gasteiger partial charge in [-0.05, 0) is 18.2 Å². The third-order valence-electron chi connectivity index (χ3n) is 1.39. The molecular weight excluding hydrogens is 128 g/mol. The minimum atomic E-state index is 0.241. The molecule has 49 valence electrons. The van der Waals surface area contributed by atoms with E-state index in [4.69, 9.17) is 9.52 Å². The molecule has 0 unspecified atom stereocenters. The van der Waals surface area contributed by atoms with E-state index in [9.17, 15) is 0 Å². The number of phenols is 1. The lowest BCUT2D eigenvalue weighted by atomic mass is 10.2. The Bertz CT molecular complexity index is 349. The largest absolute Gasteiger partial charge is 0.508 e. The van der Waals surface area contributed by atoms with Gasteiger partial charge in [0.25, 0.3) is 0 Å². The smallest absolute Gasteiger partial charge is 0.177 e. The second kappa shape index (κ2) is 1.77. The molecule has 2 aromatic rings. The highest BCUT2D eigenvalue weighted by Gasteiger charge is 1.95. The third-order valence-corrected chi connectivity index (χ3v) is 1.39. The zero-order chi connectivity index (χ0) is 6.97. The second-order valence-corrected chi connectivity index (χ2v) is 2.11. The molecule has 1 aromatic carbocycles. The number of rotatable bonds is 0. The second-order valence-electron chi connectivity index (χ2n) is 2.11. The van der Waals surface area contributed by atoms with E-state index in [-0.39, 0.29) is 5.75 Å². The Hall–Kier alpha value is -1.44. The molecule has 0 amide bonds. The maximum atomic E-state index is 8.99. The Labute approximate surface area is 57.7 Å². The Balaban J connectivity index is 2.86. The zero-order valence-electron chi connectivity index (χ0n) is 5.16. The summed E-state index contributed by atoms with van der Waals surface area (Å²) in [6, 6.07) is 5.01. The van der Waals surface area contributed by atoms with E-state index in [1.807, 2.05) is 0 Å². The molecule has 1 radical (unpaired) electrons. The highest BCUT2D eigenvalue weighted by Crippen LogP contribution is 2.19. The van der Waals surface area contributed by atoms with E-state index in [0.717, 1.165) is 10.8 Å². The lowest BCUT2D eigenvalue weighted by Gasteiger charge is -1.87. The third kappa shape index (κ3) is 0.658. The van der Waals surface area contributed by atoms with Gasteiger partial charge in [0.1, 0.15) is 5.75 Å². The first-order chi connectivity index (χ1) is 4.86. The molecule has 0 atom stereocenters. The van der Waals surface area contributed by atoms with Gasteiger partial charge in [0, 0.05) is 10.8 Å². The summed E-state index contributed by atoms with van der Waals surface area (Å²) in [5.74, 6) is 0.241. The Morgan fingerprint density at radius 1 is 1.40 bits per heavy atom. The summed E-state index contributed by atoms with van der Waals surface area (Å²) in [6.07, 6.45) is 4.22. The first-order valence-corrected chi connectivity index (χ1v) is 2.94. The molecule has 0 aliphatic rings. The fourth-order valence-corrected chi connectivity index (χ4v) is 0.892. The van der Waals surface area contributed by atoms with Gasteiger partial charge < -0.3 is 9.52 Å². The molecule has 2 heteroatoms. The molecule has 2 rings (SSSR count). The highest BCUT2D eigenvalue weighted by atomic mass is 16.3. The van der Waals surface area contributed by atoms with Gasteiger partial charge in [0.05, 0.1) is 6.26 Å². The fourth-order valence-electron chi connectivity index (χ4n) is 0.892. The first kappa shape index (κ1) is 5.35. The molecule has 0 aliphatic carbocycles. The summed E-state index contributed by atoms with van der Waals surface area (Å²) in [7, 11) is 0. The van der Waals surface area contributed by atoms with Crippen molar-refractivity contribution < 1.29 is 9.52 Å². The van der Waals surface area contributed by atoms with Crippen LogP contribution in [0, 0.1) is 6.26 Å². The average molecular weight is 133 g/mol. The summed E-state index contributed by atoms with van der Waals surface area (Å²) in [5.41, 5.74) is 0. The molecule has 0 bridgehead atoms. The number of hydrogen-bond acceptors (Lipinski definition) is 2. The maximum absolute atomic E-state index is 8.99. The van der Waals surface area contributed by atoms with Crippen LogP contribution in [0.1, 0.15) is 0 Å². The number of aromatic hydroxyl groups is 1. The van der Waals surface area contributed by atoms with E-state index >= 15 is 0 Å². The molecule has 1 heterocycles. The Morgan fingerprint density at radius 3 is 3.20 bits per heavy atom. The maximum Gasteiger partial charge on any atom is 0.177 e. The molecule has 0 saturated carbocycles. The van der Waals surface area contributed by atoms with Crippen molar-refractivity contribution in [3.05, 3.63) is 30.7 Å². The van der Waals surface area contributed by atoms with Gasteiger partial charge in [-0.15, -0.1) is 0 Å². The summed E-state index contributed by atoms with van der Waals surface area (Å²) >= 11 is 0. The number of furan rings is 1. The summed E-state index contributed by atoms with van der Waals surface area (Å²) in [6.45, 7) is 0. The molecular formula is C8H5O2. The van der Waals surface area contributed by atoms with Crippen molar-refractivity contribution in [2.24, 2.45) is 0 Å². The van der Waals surface area contributed by atoms with Crippen molar-refractivity contribution in [2.45, 2.75) is 0 Å². The lowest BCUT2D eigenvalue weighted by molar-refractivity contribution is 0.476. The van der Waals surface area contributed by atoms with E-state index in [0.29, 0.717) is 0 Å². The minimum absolute atomic E-state index is 0.241. The van der Waals surface area contributed by atoms with Gasteiger partial charge in [-0.3, -0.25) is 0 Å². The van der Waals surface area contributed by atoms with E-state index < -0.39 is 0 Å². The van der Waals surface area contributed by atoms with Gasteiger partial charge in [-0.2, -0.15) is 0 Å². The van der Waals surface area contributed by atoms with Crippen LogP contribution < -0.4 is 0 Å². The van der Waals surface area contributed by atoms with Crippen LogP contribution in [0.3, 0.4) is 0 Å². The molecule has 0 fully saturated rings. The van der Waals surface area contributed by atoms with E-state index in [2.05, 4.69) is 6.26 Å². The van der Waals surface area contributed by atoms with Crippen molar-refractivity contribution in [2.75, 3.05) is 0 Å². The van der Waals surface area contributed by atoms with Crippen molar-refractivity contribution in [1.82, 2.24) is 0 Å². The topological polar surface area (TPSA) is 33.4 Å². The van der Waals surface area contributed by atoms with Crippen LogP contribution in [0.25, 0.3) is 10.8 Å². The standard InChI is InChI=1S/C8H5O2/c9-8-2-1-6-4-10-5-7(6)3-8/h1-4,9H. The molecule has 1 N–H and O–H groups in total. The fraction of sp³-hybridized carbons (Fsp3) is 0. The van der Waals surface area contributed by atoms with Crippen molar-refractivity contribution in [1.29, 1.82) is 0 Å². The monoisotopic (exact) mass is 133 g/mol. The van der Waals surface area contributed by atoms with E-state index in [1.165, 1.54) is 0 Å². The Morgan fingerprint density at radius 2 is 2.30 bits per heavy atom. The molecule has 0 aliphatic heterocycles. The summed E-state index contributed by atoms with van der Waals surface area (Å²) in [4.78, 5) is 0. The number of benzene rings is 1. The SMILES string of the molecule is Oc1ccc2co[c]c2c1. The van der Waals surface area contributed by atoms with Crippen LogP contribution in [-0.4, -0.2) is 5.11 Å². The van der Waals surface area contributed by atoms with Crippen molar-refractivity contribution in [3.63, 3.8) is 0 Å². The zero-order valence-corrected chi connectivity index (χ0v) is 5.16. The minimum Gasteiger partial charge on any atom is -0.508 e. The molecule has 2 nitrogen and oxygen atoms in total. The predicted molar refractivity (Wildman–Crippen MR) is 36.7 cm³/mol. The summed E-state index contributed by atoms with van der Waals surface area (Å²) in [5, 5.41) is 10.7. The van der Waals surface area contributed by atoms with Crippen LogP contribution in [-0.2, 0) is 0 Å². The normalized spacial score (nSPS) is 10.4. The number of fused-ring (bicyclic) bond motifs is 1. The van der Waals surface area contributed by atoms with Gasteiger partial charge in [0.15, 0.2) is 6.26 Å². The molecule has 0 saturated heterocycles. The van der Waals surface area contributed by atoms with Crippen LogP contribution in [0.4, 0.5) is 0 Å². The van der Waals surface area contributed by atoms with Gasteiger partial charge in [0.2, 0.25) is 0 Å². The van der Waals surface area contributed by atoms with Crippen LogP contribution >= 0.6 is 0 Å². The van der Waals surface area contributed by atoms with Crippen molar-refractivity contribution in [3.8, 4) is 5.75 Å². The highest BCUT2D eigenvalue weighted by molar-refractivity contribution is 5.81. The number of phenolic OH excluding ortho intramolecular Hbond substituents is 1. The first-order valence-electron chi connectivity index (χ1n) is 2.94. The average Bonchev–Trinajstić information content (AvgIpc) is 2.33. The quantitative estimate of drug-likeness (QED) is 0.595. The van der Waals surface area contributed by atoms with Gasteiger partial charge in [-0.25, -0.2) is 0 Å².